The number of oxime groups is 1. The summed E-state index contributed by atoms with van der Waals surface area (Å²) >= 11 is 0. The van der Waals surface area contributed by atoms with Crippen LogP contribution in [0, 0.1) is 13.8 Å². The Morgan fingerprint density at radius 1 is 1.52 bits per heavy atom. The van der Waals surface area contributed by atoms with Crippen molar-refractivity contribution >= 4 is 5.84 Å². The molecule has 6 heteroatoms. The average molecular weight is 292 g/mol. The van der Waals surface area contributed by atoms with E-state index in [-0.39, 0.29) is 5.84 Å². The van der Waals surface area contributed by atoms with Gasteiger partial charge in [0.1, 0.15) is 12.4 Å². The van der Waals surface area contributed by atoms with Gasteiger partial charge in [-0.1, -0.05) is 11.6 Å². The number of ether oxygens (including phenoxy) is 1. The molecule has 1 fully saturated rings. The lowest BCUT2D eigenvalue weighted by atomic mass is 10.0. The van der Waals surface area contributed by atoms with Gasteiger partial charge in [0.15, 0.2) is 5.84 Å². The second-order valence-electron chi connectivity index (χ2n) is 5.65. The molecular formula is C15H24N4O2. The molecule has 6 nitrogen and oxygen atoms in total. The molecule has 0 saturated carbocycles. The maximum absolute atomic E-state index is 8.94. The van der Waals surface area contributed by atoms with Gasteiger partial charge in [-0.3, -0.25) is 4.98 Å². The number of aromatic nitrogens is 1. The van der Waals surface area contributed by atoms with Gasteiger partial charge in [0.2, 0.25) is 0 Å². The lowest BCUT2D eigenvalue weighted by Gasteiger charge is -2.32. The fourth-order valence-electron chi connectivity index (χ4n) is 2.81. The van der Waals surface area contributed by atoms with Crippen molar-refractivity contribution in [3.05, 3.63) is 23.0 Å². The standard InChI is InChI=1S/C15H24N4O2/c1-10-8-13(14(11(2)17-10)15(16)18-20)21-9-12-6-4-5-7-19(12)3/h8,12,20H,4-7,9H2,1-3H3,(H2,16,18). The zero-order chi connectivity index (χ0) is 15.4. The van der Waals surface area contributed by atoms with Gasteiger partial charge in [0, 0.05) is 17.8 Å². The van der Waals surface area contributed by atoms with Gasteiger partial charge in [0.05, 0.1) is 11.3 Å². The van der Waals surface area contributed by atoms with Crippen LogP contribution in [-0.4, -0.2) is 47.2 Å². The molecule has 1 aliphatic heterocycles. The first kappa shape index (κ1) is 15.6. The van der Waals surface area contributed by atoms with Crippen LogP contribution in [0.1, 0.15) is 36.2 Å². The number of hydrogen-bond donors (Lipinski definition) is 2. The third-order valence-corrected chi connectivity index (χ3v) is 4.01. The molecule has 2 rings (SSSR count). The Balaban J connectivity index is 2.18. The summed E-state index contributed by atoms with van der Waals surface area (Å²) in [5.74, 6) is 0.668. The molecule has 1 saturated heterocycles. The monoisotopic (exact) mass is 292 g/mol. The summed E-state index contributed by atoms with van der Waals surface area (Å²) in [5, 5.41) is 12.0. The van der Waals surface area contributed by atoms with Crippen molar-refractivity contribution in [3.8, 4) is 5.75 Å². The summed E-state index contributed by atoms with van der Waals surface area (Å²) in [6.07, 6.45) is 3.62. The van der Waals surface area contributed by atoms with Gasteiger partial charge in [0.25, 0.3) is 0 Å². The average Bonchev–Trinajstić information content (AvgIpc) is 2.45. The van der Waals surface area contributed by atoms with Crippen LogP contribution in [0.4, 0.5) is 0 Å². The summed E-state index contributed by atoms with van der Waals surface area (Å²) in [4.78, 5) is 6.68. The number of likely N-dealkylation sites (N-methyl/N-ethyl adjacent to an activating group) is 1. The van der Waals surface area contributed by atoms with Crippen molar-refractivity contribution in [2.24, 2.45) is 10.9 Å². The molecule has 0 bridgehead atoms. The summed E-state index contributed by atoms with van der Waals surface area (Å²) < 4.78 is 5.98. The third-order valence-electron chi connectivity index (χ3n) is 4.01. The molecule has 1 aliphatic rings. The molecule has 0 amide bonds. The normalized spacial score (nSPS) is 20.5. The van der Waals surface area contributed by atoms with E-state index in [1.165, 1.54) is 12.8 Å². The fraction of sp³-hybridized carbons (Fsp3) is 0.600. The number of pyridine rings is 1. The maximum atomic E-state index is 8.94. The van der Waals surface area contributed by atoms with E-state index in [1.54, 1.807) is 0 Å². The van der Waals surface area contributed by atoms with Gasteiger partial charge in [-0.2, -0.15) is 0 Å². The minimum Gasteiger partial charge on any atom is -0.491 e. The van der Waals surface area contributed by atoms with Crippen molar-refractivity contribution in [2.75, 3.05) is 20.2 Å². The van der Waals surface area contributed by atoms with Crippen molar-refractivity contribution in [3.63, 3.8) is 0 Å². The Morgan fingerprint density at radius 3 is 2.95 bits per heavy atom. The minimum atomic E-state index is 0.0343. The zero-order valence-corrected chi connectivity index (χ0v) is 13.0. The number of piperidine rings is 1. The van der Waals surface area contributed by atoms with Crippen LogP contribution < -0.4 is 10.5 Å². The van der Waals surface area contributed by atoms with Crippen LogP contribution in [0.2, 0.25) is 0 Å². The zero-order valence-electron chi connectivity index (χ0n) is 13.0. The van der Waals surface area contributed by atoms with Crippen molar-refractivity contribution in [1.29, 1.82) is 0 Å². The Hall–Kier alpha value is -1.82. The van der Waals surface area contributed by atoms with E-state index in [0.717, 1.165) is 18.7 Å². The van der Waals surface area contributed by atoms with Crippen LogP contribution >= 0.6 is 0 Å². The number of amidine groups is 1. The lowest BCUT2D eigenvalue weighted by molar-refractivity contribution is 0.125. The van der Waals surface area contributed by atoms with Gasteiger partial charge >= 0.3 is 0 Å². The van der Waals surface area contributed by atoms with Crippen LogP contribution in [0.15, 0.2) is 11.2 Å². The number of hydrogen-bond acceptors (Lipinski definition) is 5. The molecule has 1 aromatic heterocycles. The highest BCUT2D eigenvalue weighted by Gasteiger charge is 2.21. The summed E-state index contributed by atoms with van der Waals surface area (Å²) in [6, 6.07) is 2.25. The molecule has 2 heterocycles. The van der Waals surface area contributed by atoms with Crippen molar-refractivity contribution in [1.82, 2.24) is 9.88 Å². The maximum Gasteiger partial charge on any atom is 0.175 e. The molecule has 1 atom stereocenters. The van der Waals surface area contributed by atoms with Crippen molar-refractivity contribution < 1.29 is 9.94 Å². The molecule has 1 aromatic rings. The second-order valence-corrected chi connectivity index (χ2v) is 5.65. The van der Waals surface area contributed by atoms with E-state index in [2.05, 4.69) is 22.1 Å². The number of nitrogens with two attached hydrogens (primary N) is 1. The van der Waals surface area contributed by atoms with Crippen LogP contribution in [0.25, 0.3) is 0 Å². The Bertz CT molecular complexity index is 531. The topological polar surface area (TPSA) is 84.0 Å². The first-order valence-electron chi connectivity index (χ1n) is 7.32. The van der Waals surface area contributed by atoms with E-state index in [0.29, 0.717) is 29.7 Å². The van der Waals surface area contributed by atoms with Crippen molar-refractivity contribution in [2.45, 2.75) is 39.2 Å². The lowest BCUT2D eigenvalue weighted by Crippen LogP contribution is -2.40. The minimum absolute atomic E-state index is 0.0343. The predicted octanol–water partition coefficient (Wildman–Crippen LogP) is 1.66. The van der Waals surface area contributed by atoms with Gasteiger partial charge in [-0.15, -0.1) is 0 Å². The Kier molecular flexibility index (Phi) is 5.01. The molecule has 21 heavy (non-hydrogen) atoms. The molecule has 0 radical (unpaired) electrons. The van der Waals surface area contributed by atoms with Gasteiger partial charge in [-0.25, -0.2) is 0 Å². The van der Waals surface area contributed by atoms with E-state index < -0.39 is 0 Å². The smallest absolute Gasteiger partial charge is 0.175 e. The first-order chi connectivity index (χ1) is 10.0. The Labute approximate surface area is 125 Å². The number of rotatable bonds is 4. The molecule has 1 unspecified atom stereocenters. The molecule has 3 N–H and O–H groups in total. The highest BCUT2D eigenvalue weighted by Crippen LogP contribution is 2.24. The van der Waals surface area contributed by atoms with Crippen LogP contribution in [-0.2, 0) is 0 Å². The number of likely N-dealkylation sites (tertiary alicyclic amines) is 1. The highest BCUT2D eigenvalue weighted by atomic mass is 16.5. The van der Waals surface area contributed by atoms with Crippen LogP contribution in [0.5, 0.6) is 5.75 Å². The Morgan fingerprint density at radius 2 is 2.29 bits per heavy atom. The number of nitrogens with zero attached hydrogens (tertiary/aromatic N) is 3. The van der Waals surface area contributed by atoms with Crippen LogP contribution in [0.3, 0.4) is 0 Å². The summed E-state index contributed by atoms with van der Waals surface area (Å²) in [6.45, 7) is 5.45. The van der Waals surface area contributed by atoms with E-state index in [4.69, 9.17) is 15.7 Å². The predicted molar refractivity (Wildman–Crippen MR) is 82.0 cm³/mol. The third kappa shape index (κ3) is 3.64. The van der Waals surface area contributed by atoms with E-state index in [9.17, 15) is 0 Å². The first-order valence-corrected chi connectivity index (χ1v) is 7.32. The largest absolute Gasteiger partial charge is 0.491 e. The summed E-state index contributed by atoms with van der Waals surface area (Å²) in [7, 11) is 2.13. The molecule has 0 aromatic carbocycles. The number of aryl methyl sites for hydroxylation is 2. The van der Waals surface area contributed by atoms with Gasteiger partial charge < -0.3 is 20.6 Å². The van der Waals surface area contributed by atoms with Gasteiger partial charge in [-0.05, 0) is 40.3 Å². The van der Waals surface area contributed by atoms with E-state index >= 15 is 0 Å². The summed E-state index contributed by atoms with van der Waals surface area (Å²) in [5.41, 5.74) is 7.88. The molecular weight excluding hydrogens is 268 g/mol. The fourth-order valence-corrected chi connectivity index (χ4v) is 2.81. The quantitative estimate of drug-likeness (QED) is 0.381. The molecule has 0 aliphatic carbocycles. The SMILES string of the molecule is Cc1cc(OCC2CCCCN2C)c(/C(N)=N/O)c(C)n1. The molecule has 0 spiro atoms. The van der Waals surface area contributed by atoms with E-state index in [1.807, 2.05) is 19.9 Å². The highest BCUT2D eigenvalue weighted by molar-refractivity contribution is 6.00. The molecule has 116 valence electrons. The second kappa shape index (κ2) is 6.76.